The van der Waals surface area contributed by atoms with Crippen molar-refractivity contribution in [1.29, 1.82) is 0 Å². The van der Waals surface area contributed by atoms with Crippen LogP contribution in [0.2, 0.25) is 0 Å². The van der Waals surface area contributed by atoms with E-state index >= 15 is 0 Å². The molecule has 0 aromatic heterocycles. The van der Waals surface area contributed by atoms with Gasteiger partial charge >= 0.3 is 11.9 Å². The van der Waals surface area contributed by atoms with Gasteiger partial charge in [0.2, 0.25) is 0 Å². The molecule has 4 aliphatic rings. The average Bonchev–Trinajstić information content (AvgIpc) is 3.74. The summed E-state index contributed by atoms with van der Waals surface area (Å²) in [6, 6.07) is 0. The predicted molar refractivity (Wildman–Crippen MR) is 171 cm³/mol. The number of ether oxygens (including phenoxy) is 5. The first kappa shape index (κ1) is 39.0. The van der Waals surface area contributed by atoms with Gasteiger partial charge in [0.15, 0.2) is 17.8 Å². The Balaban J connectivity index is 1.61. The maximum atomic E-state index is 12.3. The number of carbonyl (C=O) groups excluding carboxylic acids is 1. The van der Waals surface area contributed by atoms with Gasteiger partial charge in [0.25, 0.3) is 0 Å². The highest BCUT2D eigenvalue weighted by Gasteiger charge is 2.54. The molecule has 2 bridgehead atoms. The van der Waals surface area contributed by atoms with Crippen LogP contribution in [0.15, 0.2) is 60.8 Å². The third-order valence-electron chi connectivity index (χ3n) is 9.21. The topological polar surface area (TPSA) is 251 Å². The first-order valence-electron chi connectivity index (χ1n) is 16.4. The molecule has 274 valence electrons. The normalized spacial score (nSPS) is 48.9. The van der Waals surface area contributed by atoms with Crippen molar-refractivity contribution >= 4 is 11.9 Å². The van der Waals surface area contributed by atoms with E-state index < -0.39 is 110 Å². The van der Waals surface area contributed by atoms with Crippen molar-refractivity contribution in [2.45, 2.75) is 125 Å². The molecule has 0 amide bonds. The molecule has 4 aliphatic heterocycles. The lowest BCUT2D eigenvalue weighted by molar-refractivity contribution is -0.335. The van der Waals surface area contributed by atoms with Crippen LogP contribution in [-0.4, -0.2) is 127 Å². The molecule has 0 spiro atoms. The Morgan fingerprint density at radius 1 is 0.857 bits per heavy atom. The number of aliphatic hydroxyl groups excluding tert-OH is 4. The van der Waals surface area contributed by atoms with Gasteiger partial charge < -0.3 is 59.4 Å². The highest BCUT2D eigenvalue weighted by atomic mass is 16.7. The lowest BCUT2D eigenvalue weighted by atomic mass is 9.83. The van der Waals surface area contributed by atoms with E-state index in [9.17, 15) is 45.3 Å². The molecular weight excluding hydrogens is 646 g/mol. The van der Waals surface area contributed by atoms with Crippen LogP contribution in [0.5, 0.6) is 0 Å². The van der Waals surface area contributed by atoms with Gasteiger partial charge in [-0.3, -0.25) is 10.5 Å². The minimum absolute atomic E-state index is 0.0499. The van der Waals surface area contributed by atoms with E-state index in [2.05, 4.69) is 0 Å². The zero-order chi connectivity index (χ0) is 36.1. The fraction of sp³-hybridized carbons (Fsp3) is 0.647. The fourth-order valence-electron chi connectivity index (χ4n) is 6.15. The second kappa shape index (κ2) is 16.5. The van der Waals surface area contributed by atoms with Crippen LogP contribution in [0.25, 0.3) is 0 Å². The smallest absolute Gasteiger partial charge is 0.330 e. The van der Waals surface area contributed by atoms with E-state index in [1.165, 1.54) is 25.2 Å². The van der Waals surface area contributed by atoms with Crippen molar-refractivity contribution in [3.05, 3.63) is 60.8 Å². The largest absolute Gasteiger partial charge is 0.481 e. The van der Waals surface area contributed by atoms with Crippen molar-refractivity contribution < 1.29 is 69.0 Å². The molecule has 0 aromatic carbocycles. The van der Waals surface area contributed by atoms with Crippen molar-refractivity contribution in [2.75, 3.05) is 0 Å². The zero-order valence-electron chi connectivity index (χ0n) is 27.7. The molecule has 3 saturated heterocycles. The number of epoxide rings is 1. The van der Waals surface area contributed by atoms with Crippen LogP contribution >= 0.6 is 0 Å². The van der Waals surface area contributed by atoms with Crippen molar-refractivity contribution in [1.82, 2.24) is 0 Å². The van der Waals surface area contributed by atoms with Crippen LogP contribution in [0.3, 0.4) is 0 Å². The van der Waals surface area contributed by atoms with Gasteiger partial charge in [0.1, 0.15) is 30.3 Å². The highest BCUT2D eigenvalue weighted by molar-refractivity contribution is 5.82. The van der Waals surface area contributed by atoms with Crippen LogP contribution in [-0.2, 0) is 33.3 Å². The summed E-state index contributed by atoms with van der Waals surface area (Å²) < 4.78 is 28.4. The molecule has 3 fully saturated rings. The number of fused-ring (bicyclic) bond motifs is 3. The van der Waals surface area contributed by atoms with Gasteiger partial charge in [-0.15, -0.1) is 0 Å². The number of cyclic esters (lactones) is 1. The fourth-order valence-corrected chi connectivity index (χ4v) is 6.15. The van der Waals surface area contributed by atoms with E-state index in [0.29, 0.717) is 0 Å². The van der Waals surface area contributed by atoms with Crippen molar-refractivity contribution in [2.24, 2.45) is 17.6 Å². The van der Waals surface area contributed by atoms with Gasteiger partial charge in [-0.1, -0.05) is 55.5 Å². The quantitative estimate of drug-likeness (QED) is 0.107. The number of nitrogens with two attached hydrogens (primary N) is 1. The summed E-state index contributed by atoms with van der Waals surface area (Å²) in [6.45, 7) is 5.09. The average molecular weight is 696 g/mol. The lowest BCUT2D eigenvalue weighted by Gasteiger charge is -2.46. The first-order valence-corrected chi connectivity index (χ1v) is 16.4. The van der Waals surface area contributed by atoms with Crippen molar-refractivity contribution in [3.63, 3.8) is 0 Å². The minimum atomic E-state index is -2.50. The molecule has 15 heteroatoms. The molecule has 4 rings (SSSR count). The Morgan fingerprint density at radius 2 is 1.51 bits per heavy atom. The number of hydrogen-bond donors (Lipinski definition) is 8. The number of allylic oxidation sites excluding steroid dienone is 6. The van der Waals surface area contributed by atoms with Crippen LogP contribution in [0.1, 0.15) is 46.5 Å². The van der Waals surface area contributed by atoms with E-state index in [4.69, 9.17) is 29.4 Å². The number of hydrogen-bond acceptors (Lipinski definition) is 14. The van der Waals surface area contributed by atoms with Crippen molar-refractivity contribution in [3.8, 4) is 0 Å². The van der Waals surface area contributed by atoms with E-state index in [1.54, 1.807) is 43.4 Å². The van der Waals surface area contributed by atoms with Crippen LogP contribution < -0.4 is 5.73 Å². The molecule has 15 nitrogen and oxygen atoms in total. The Bertz CT molecular complexity index is 1300. The second-order valence-corrected chi connectivity index (χ2v) is 13.3. The summed E-state index contributed by atoms with van der Waals surface area (Å²) in [7, 11) is 0. The summed E-state index contributed by atoms with van der Waals surface area (Å²) in [5.41, 5.74) is 3.28. The van der Waals surface area contributed by atoms with Gasteiger partial charge in [0, 0.05) is 37.7 Å². The van der Waals surface area contributed by atoms with Gasteiger partial charge in [-0.05, 0) is 19.9 Å². The number of rotatable bonds is 3. The third-order valence-corrected chi connectivity index (χ3v) is 9.21. The van der Waals surface area contributed by atoms with Gasteiger partial charge in [0.05, 0.1) is 36.6 Å². The SMILES string of the molecule is CC1/C=C/C=C\C=C\C=C\C(O[C@@H]2O[C@H](C)[C@@H](O)[C@](N)(O)[C@@H]2O)C[C@H]2O[C@@](O)(CC(O)C[C@H]3O[C@@H]3/C=C/C(=O)OC1C)C[C@@H](O)[C@@H]2C(=O)O. The minimum Gasteiger partial charge on any atom is -0.481 e. The number of aliphatic carboxylic acids is 1. The molecule has 0 aliphatic carbocycles. The van der Waals surface area contributed by atoms with Crippen LogP contribution in [0.4, 0.5) is 0 Å². The third kappa shape index (κ3) is 10.4. The number of carboxylic acids is 1. The summed E-state index contributed by atoms with van der Waals surface area (Å²) in [5, 5.41) is 74.6. The Labute approximate surface area is 284 Å². The Kier molecular flexibility index (Phi) is 13.1. The molecule has 4 unspecified atom stereocenters. The number of carbonyl (C=O) groups is 2. The van der Waals surface area contributed by atoms with E-state index in [1.807, 2.05) is 13.0 Å². The lowest BCUT2D eigenvalue weighted by Crippen LogP contribution is -2.71. The summed E-state index contributed by atoms with van der Waals surface area (Å²) in [4.78, 5) is 24.6. The summed E-state index contributed by atoms with van der Waals surface area (Å²) in [6.07, 6.45) is 2.34. The summed E-state index contributed by atoms with van der Waals surface area (Å²) in [5.74, 6) is -5.71. The molecule has 49 heavy (non-hydrogen) atoms. The highest BCUT2D eigenvalue weighted by Crippen LogP contribution is 2.39. The standard InChI is InChI=1S/C34H49NO14/c1-18-10-8-6-4-5-7-9-11-22(47-32-30(40)34(35,44)29(39)20(3)46-32)15-26-28(31(41)42)23(37)17-33(43,49-26)16-21(36)14-25-24(48-25)12-13-27(38)45-19(18)2/h4-13,18-26,28-30,32,36-37,39-40,43-44H,14-17,35H2,1-3H3,(H,41,42)/b6-4-,7-5+,10-8+,11-9+,13-12+/t18?,19?,20-,21?,22?,23-,24-,25-,26-,28+,29-,30-,32+,33+,34+/m1/s1. The molecule has 9 N–H and O–H groups in total. The first-order chi connectivity index (χ1) is 23.0. The molecule has 0 saturated carbocycles. The molecule has 0 radical (unpaired) electrons. The zero-order valence-corrected chi connectivity index (χ0v) is 27.7. The second-order valence-electron chi connectivity index (χ2n) is 13.3. The monoisotopic (exact) mass is 695 g/mol. The van der Waals surface area contributed by atoms with E-state index in [0.717, 1.165) is 0 Å². The van der Waals surface area contributed by atoms with E-state index in [-0.39, 0.29) is 18.8 Å². The Hall–Kier alpha value is -2.80. The van der Waals surface area contributed by atoms with Gasteiger partial charge in [-0.25, -0.2) is 4.79 Å². The van der Waals surface area contributed by atoms with Gasteiger partial charge in [-0.2, -0.15) is 0 Å². The number of carboxylic acid groups (broad SMARTS) is 1. The predicted octanol–water partition coefficient (Wildman–Crippen LogP) is -0.314. The summed E-state index contributed by atoms with van der Waals surface area (Å²) >= 11 is 0. The maximum Gasteiger partial charge on any atom is 0.330 e. The van der Waals surface area contributed by atoms with Crippen LogP contribution in [0, 0.1) is 11.8 Å². The molecular formula is C34H49NO14. The molecule has 4 heterocycles. The maximum absolute atomic E-state index is 12.3. The number of esters is 1. The number of aliphatic hydroxyl groups is 6. The Morgan fingerprint density at radius 3 is 2.18 bits per heavy atom. The molecule has 15 atom stereocenters. The molecule has 0 aromatic rings.